The van der Waals surface area contributed by atoms with E-state index < -0.39 is 0 Å². The number of likely N-dealkylation sites (tertiary alicyclic amines) is 1. The minimum absolute atomic E-state index is 0.557. The minimum Gasteiger partial charge on any atom is -0.298 e. The molecular weight excluding hydrogens is 286 g/mol. The van der Waals surface area contributed by atoms with Crippen LogP contribution in [-0.4, -0.2) is 38.2 Å². The molecule has 3 aromatic rings. The zero-order valence-electron chi connectivity index (χ0n) is 12.9. The lowest BCUT2D eigenvalue weighted by molar-refractivity contribution is 0.325. The van der Waals surface area contributed by atoms with Crippen LogP contribution in [0.1, 0.15) is 23.6 Å². The summed E-state index contributed by atoms with van der Waals surface area (Å²) in [4.78, 5) is 11.5. The highest BCUT2D eigenvalue weighted by atomic mass is 15.2. The van der Waals surface area contributed by atoms with Gasteiger partial charge in [-0.05, 0) is 19.0 Å². The van der Waals surface area contributed by atoms with Crippen molar-refractivity contribution in [1.29, 1.82) is 0 Å². The Labute approximate surface area is 135 Å². The molecule has 0 saturated carbocycles. The molecule has 1 aliphatic heterocycles. The van der Waals surface area contributed by atoms with Crippen LogP contribution < -0.4 is 0 Å². The molecule has 23 heavy (non-hydrogen) atoms. The van der Waals surface area contributed by atoms with Crippen molar-refractivity contribution in [2.75, 3.05) is 13.1 Å². The van der Waals surface area contributed by atoms with E-state index in [9.17, 15) is 0 Å². The Hall–Kier alpha value is -2.53. The Morgan fingerprint density at radius 3 is 2.65 bits per heavy atom. The highest BCUT2D eigenvalue weighted by Gasteiger charge is 2.24. The van der Waals surface area contributed by atoms with E-state index in [-0.39, 0.29) is 0 Å². The van der Waals surface area contributed by atoms with Crippen LogP contribution in [0.2, 0.25) is 0 Å². The molecule has 4 rings (SSSR count). The van der Waals surface area contributed by atoms with Crippen LogP contribution in [0, 0.1) is 0 Å². The molecule has 0 spiro atoms. The highest BCUT2D eigenvalue weighted by molar-refractivity contribution is 5.53. The van der Waals surface area contributed by atoms with Crippen molar-refractivity contribution in [3.63, 3.8) is 0 Å². The van der Waals surface area contributed by atoms with Gasteiger partial charge in [0.05, 0.1) is 0 Å². The summed E-state index contributed by atoms with van der Waals surface area (Å²) in [6.07, 6.45) is 6.89. The minimum atomic E-state index is 0.557. The first-order valence-corrected chi connectivity index (χ1v) is 7.96. The molecule has 0 unspecified atom stereocenters. The second-order valence-electron chi connectivity index (χ2n) is 6.01. The van der Waals surface area contributed by atoms with Crippen LogP contribution in [-0.2, 0) is 6.54 Å². The van der Waals surface area contributed by atoms with Crippen molar-refractivity contribution < 1.29 is 0 Å². The van der Waals surface area contributed by atoms with E-state index in [2.05, 4.69) is 31.1 Å². The van der Waals surface area contributed by atoms with Gasteiger partial charge in [-0.1, -0.05) is 30.3 Å². The van der Waals surface area contributed by atoms with Gasteiger partial charge in [-0.15, -0.1) is 0 Å². The predicted octanol–water partition coefficient (Wildman–Crippen LogP) is 2.86. The maximum Gasteiger partial charge on any atom is 0.159 e. The molecule has 0 amide bonds. The van der Waals surface area contributed by atoms with E-state index in [4.69, 9.17) is 0 Å². The van der Waals surface area contributed by atoms with Crippen molar-refractivity contribution in [2.45, 2.75) is 18.9 Å². The lowest BCUT2D eigenvalue weighted by Crippen LogP contribution is -2.20. The number of rotatable bonds is 4. The Bertz CT molecular complexity index is 737. The van der Waals surface area contributed by atoms with Crippen molar-refractivity contribution in [3.8, 4) is 11.4 Å². The third-order valence-corrected chi connectivity index (χ3v) is 4.38. The standard InChI is InChI=1S/C18H19N5/c1-2-4-15(5-3-1)18-19-10-14(11-20-18)12-23-9-7-16(13-23)17-6-8-21-22-17/h1-6,8,10-11,16H,7,9,12-13H2,(H,21,22)/t16-/m0/s1. The lowest BCUT2D eigenvalue weighted by atomic mass is 10.1. The second-order valence-corrected chi connectivity index (χ2v) is 6.01. The molecule has 116 valence electrons. The summed E-state index contributed by atoms with van der Waals surface area (Å²) in [5.41, 5.74) is 3.46. The largest absolute Gasteiger partial charge is 0.298 e. The molecule has 2 aromatic heterocycles. The first-order valence-electron chi connectivity index (χ1n) is 7.96. The fourth-order valence-electron chi connectivity index (χ4n) is 3.16. The van der Waals surface area contributed by atoms with Gasteiger partial charge in [0.15, 0.2) is 5.82 Å². The van der Waals surface area contributed by atoms with Crippen molar-refractivity contribution in [1.82, 2.24) is 25.1 Å². The van der Waals surface area contributed by atoms with Crippen molar-refractivity contribution in [2.24, 2.45) is 0 Å². The molecule has 1 atom stereocenters. The zero-order chi connectivity index (χ0) is 15.5. The number of nitrogens with one attached hydrogen (secondary N) is 1. The first kappa shape index (κ1) is 14.1. The quantitative estimate of drug-likeness (QED) is 0.805. The van der Waals surface area contributed by atoms with E-state index in [0.717, 1.165) is 36.6 Å². The molecule has 5 nitrogen and oxygen atoms in total. The summed E-state index contributed by atoms with van der Waals surface area (Å²) in [6, 6.07) is 12.2. The molecule has 0 bridgehead atoms. The SMILES string of the molecule is c1ccc(-c2ncc(CN3CC[C@H](c4ccn[nH]4)C3)cn2)cc1. The molecular formula is C18H19N5. The molecule has 5 heteroatoms. The van der Waals surface area contributed by atoms with Gasteiger partial charge in [-0.25, -0.2) is 9.97 Å². The maximum absolute atomic E-state index is 4.51. The van der Waals surface area contributed by atoms with Crippen LogP contribution in [0.25, 0.3) is 11.4 Å². The second kappa shape index (κ2) is 6.30. The monoisotopic (exact) mass is 305 g/mol. The fourth-order valence-corrected chi connectivity index (χ4v) is 3.16. The van der Waals surface area contributed by atoms with Gasteiger partial charge in [0.1, 0.15) is 0 Å². The Balaban J connectivity index is 1.40. The smallest absolute Gasteiger partial charge is 0.159 e. The normalized spacial score (nSPS) is 18.3. The van der Waals surface area contributed by atoms with E-state index in [0.29, 0.717) is 5.92 Å². The average Bonchev–Trinajstić information content (AvgIpc) is 3.28. The van der Waals surface area contributed by atoms with Gasteiger partial charge in [0.25, 0.3) is 0 Å². The number of hydrogen-bond donors (Lipinski definition) is 1. The first-order chi connectivity index (χ1) is 11.4. The van der Waals surface area contributed by atoms with Crippen LogP contribution in [0.5, 0.6) is 0 Å². The summed E-state index contributed by atoms with van der Waals surface area (Å²) < 4.78 is 0. The summed E-state index contributed by atoms with van der Waals surface area (Å²) >= 11 is 0. The van der Waals surface area contributed by atoms with Crippen molar-refractivity contribution >= 4 is 0 Å². The van der Waals surface area contributed by atoms with Crippen LogP contribution in [0.4, 0.5) is 0 Å². The molecule has 1 fully saturated rings. The topological polar surface area (TPSA) is 57.7 Å². The third kappa shape index (κ3) is 3.14. The van der Waals surface area contributed by atoms with Gasteiger partial charge in [-0.3, -0.25) is 10.00 Å². The molecule has 0 radical (unpaired) electrons. The average molecular weight is 305 g/mol. The Morgan fingerprint density at radius 1 is 1.09 bits per heavy atom. The van der Waals surface area contributed by atoms with Crippen molar-refractivity contribution in [3.05, 3.63) is 66.2 Å². The van der Waals surface area contributed by atoms with Gasteiger partial charge in [-0.2, -0.15) is 5.10 Å². The Kier molecular flexibility index (Phi) is 3.86. The molecule has 1 N–H and O–H groups in total. The van der Waals surface area contributed by atoms with E-state index in [1.54, 1.807) is 0 Å². The summed E-state index contributed by atoms with van der Waals surface area (Å²) in [5.74, 6) is 1.34. The number of aromatic amines is 1. The molecule has 3 heterocycles. The third-order valence-electron chi connectivity index (χ3n) is 4.38. The highest BCUT2D eigenvalue weighted by Crippen LogP contribution is 2.26. The maximum atomic E-state index is 4.51. The molecule has 1 aromatic carbocycles. The van der Waals surface area contributed by atoms with E-state index >= 15 is 0 Å². The fraction of sp³-hybridized carbons (Fsp3) is 0.278. The summed E-state index contributed by atoms with van der Waals surface area (Å²) in [5, 5.41) is 7.14. The zero-order valence-corrected chi connectivity index (χ0v) is 12.9. The number of aromatic nitrogens is 4. The van der Waals surface area contributed by atoms with Crippen LogP contribution in [0.15, 0.2) is 55.0 Å². The summed E-state index contributed by atoms with van der Waals surface area (Å²) in [6.45, 7) is 3.06. The van der Waals surface area contributed by atoms with Gasteiger partial charge < -0.3 is 0 Å². The van der Waals surface area contributed by atoms with Gasteiger partial charge in [0.2, 0.25) is 0 Å². The number of benzene rings is 1. The molecule has 1 aliphatic rings. The number of nitrogens with zero attached hydrogens (tertiary/aromatic N) is 4. The molecule has 0 aliphatic carbocycles. The van der Waals surface area contributed by atoms with Crippen LogP contribution in [0.3, 0.4) is 0 Å². The van der Waals surface area contributed by atoms with Gasteiger partial charge in [0, 0.05) is 54.4 Å². The van der Waals surface area contributed by atoms with Gasteiger partial charge >= 0.3 is 0 Å². The Morgan fingerprint density at radius 2 is 1.91 bits per heavy atom. The number of H-pyrrole nitrogens is 1. The van der Waals surface area contributed by atoms with Crippen LogP contribution >= 0.6 is 0 Å². The van der Waals surface area contributed by atoms with E-state index in [1.165, 1.54) is 12.1 Å². The number of hydrogen-bond acceptors (Lipinski definition) is 4. The van der Waals surface area contributed by atoms with E-state index in [1.807, 2.05) is 48.9 Å². The molecule has 1 saturated heterocycles. The lowest BCUT2D eigenvalue weighted by Gasteiger charge is -2.15. The summed E-state index contributed by atoms with van der Waals surface area (Å²) in [7, 11) is 0. The predicted molar refractivity (Wildman–Crippen MR) is 88.7 cm³/mol.